The maximum absolute atomic E-state index is 4.52. The van der Waals surface area contributed by atoms with Gasteiger partial charge in [0.05, 0.1) is 12.2 Å². The summed E-state index contributed by atoms with van der Waals surface area (Å²) in [4.78, 5) is 8.77. The molecule has 1 aromatic rings. The van der Waals surface area contributed by atoms with Crippen LogP contribution in [0.2, 0.25) is 0 Å². The number of rotatable bonds is 5. The van der Waals surface area contributed by atoms with Gasteiger partial charge in [0, 0.05) is 19.3 Å². The number of aliphatic imine (C=N–C) groups is 1. The molecular weight excluding hydrogens is 339 g/mol. The van der Waals surface area contributed by atoms with E-state index in [0.29, 0.717) is 6.54 Å². The van der Waals surface area contributed by atoms with Crippen molar-refractivity contribution in [2.24, 2.45) is 10.9 Å². The molecule has 0 aromatic carbocycles. The van der Waals surface area contributed by atoms with Gasteiger partial charge >= 0.3 is 0 Å². The van der Waals surface area contributed by atoms with Gasteiger partial charge in [-0.3, -0.25) is 4.98 Å². The van der Waals surface area contributed by atoms with Crippen molar-refractivity contribution in [3.05, 3.63) is 30.1 Å². The number of hydrogen-bond donors (Lipinski definition) is 2. The Bertz CT molecular complexity index is 363. The lowest BCUT2D eigenvalue weighted by Crippen LogP contribution is -2.38. The second kappa shape index (κ2) is 8.29. The predicted octanol–water partition coefficient (Wildman–Crippen LogP) is 2.16. The Morgan fingerprint density at radius 1 is 1.39 bits per heavy atom. The monoisotopic (exact) mass is 360 g/mol. The second-order valence-corrected chi connectivity index (χ2v) is 4.34. The van der Waals surface area contributed by atoms with Crippen LogP contribution in [-0.2, 0) is 6.54 Å². The van der Waals surface area contributed by atoms with Crippen molar-refractivity contribution >= 4 is 29.9 Å². The standard InChI is InChI=1S/C13H20N4.HI/c1-2-14-13(16-9-11-6-7-11)17-10-12-5-3-4-8-15-12;/h3-5,8,11H,2,6-7,9-10H2,1H3,(H2,14,16,17);1H. The summed E-state index contributed by atoms with van der Waals surface area (Å²) in [5, 5.41) is 6.61. The third-order valence-corrected chi connectivity index (χ3v) is 2.72. The summed E-state index contributed by atoms with van der Waals surface area (Å²) in [5.74, 6) is 1.75. The lowest BCUT2D eigenvalue weighted by molar-refractivity contribution is 0.738. The fraction of sp³-hybridized carbons (Fsp3) is 0.538. The van der Waals surface area contributed by atoms with Gasteiger partial charge in [0.1, 0.15) is 0 Å². The fourth-order valence-corrected chi connectivity index (χ4v) is 1.56. The van der Waals surface area contributed by atoms with E-state index in [9.17, 15) is 0 Å². The average molecular weight is 360 g/mol. The minimum absolute atomic E-state index is 0. The average Bonchev–Trinajstić information content (AvgIpc) is 3.18. The molecular formula is C13H21IN4. The van der Waals surface area contributed by atoms with E-state index in [0.717, 1.165) is 30.7 Å². The fourth-order valence-electron chi connectivity index (χ4n) is 1.56. The molecule has 0 spiro atoms. The second-order valence-electron chi connectivity index (χ2n) is 4.34. The van der Waals surface area contributed by atoms with Crippen LogP contribution in [0, 0.1) is 5.92 Å². The van der Waals surface area contributed by atoms with Crippen molar-refractivity contribution in [2.45, 2.75) is 26.3 Å². The molecule has 0 atom stereocenters. The van der Waals surface area contributed by atoms with Gasteiger partial charge in [-0.05, 0) is 37.8 Å². The summed E-state index contributed by atoms with van der Waals surface area (Å²) >= 11 is 0. The van der Waals surface area contributed by atoms with Gasteiger partial charge in [-0.1, -0.05) is 6.07 Å². The van der Waals surface area contributed by atoms with Crippen molar-refractivity contribution < 1.29 is 0 Å². The Kier molecular flexibility index (Phi) is 7.00. The Morgan fingerprint density at radius 2 is 2.22 bits per heavy atom. The molecule has 1 aliphatic rings. The van der Waals surface area contributed by atoms with Crippen LogP contribution in [0.5, 0.6) is 0 Å². The minimum atomic E-state index is 0. The maximum Gasteiger partial charge on any atom is 0.191 e. The molecule has 0 bridgehead atoms. The first-order chi connectivity index (χ1) is 8.38. The van der Waals surface area contributed by atoms with Crippen molar-refractivity contribution in [3.63, 3.8) is 0 Å². The van der Waals surface area contributed by atoms with Crippen LogP contribution >= 0.6 is 24.0 Å². The van der Waals surface area contributed by atoms with Crippen LogP contribution in [0.3, 0.4) is 0 Å². The van der Waals surface area contributed by atoms with E-state index in [4.69, 9.17) is 0 Å². The van der Waals surface area contributed by atoms with Gasteiger partial charge in [-0.2, -0.15) is 0 Å². The summed E-state index contributed by atoms with van der Waals surface area (Å²) in [5.41, 5.74) is 0.996. The van der Waals surface area contributed by atoms with Crippen LogP contribution in [0.15, 0.2) is 29.4 Å². The van der Waals surface area contributed by atoms with Crippen molar-refractivity contribution in [2.75, 3.05) is 13.1 Å². The third-order valence-electron chi connectivity index (χ3n) is 2.72. The normalized spacial score (nSPS) is 14.8. The molecule has 0 amide bonds. The molecule has 0 saturated heterocycles. The molecule has 5 heteroatoms. The first kappa shape index (κ1) is 15.2. The lowest BCUT2D eigenvalue weighted by atomic mass is 10.3. The van der Waals surface area contributed by atoms with E-state index in [1.807, 2.05) is 18.2 Å². The largest absolute Gasteiger partial charge is 0.357 e. The molecule has 18 heavy (non-hydrogen) atoms. The molecule has 0 unspecified atom stereocenters. The molecule has 2 rings (SSSR count). The van der Waals surface area contributed by atoms with Crippen LogP contribution < -0.4 is 10.6 Å². The van der Waals surface area contributed by atoms with E-state index in [1.54, 1.807) is 6.20 Å². The molecule has 100 valence electrons. The number of guanidine groups is 1. The van der Waals surface area contributed by atoms with Gasteiger partial charge in [0.25, 0.3) is 0 Å². The predicted molar refractivity (Wildman–Crippen MR) is 85.2 cm³/mol. The van der Waals surface area contributed by atoms with E-state index in [-0.39, 0.29) is 24.0 Å². The van der Waals surface area contributed by atoms with Gasteiger partial charge in [0.15, 0.2) is 5.96 Å². The van der Waals surface area contributed by atoms with Crippen molar-refractivity contribution in [1.29, 1.82) is 0 Å². The highest BCUT2D eigenvalue weighted by atomic mass is 127. The molecule has 1 heterocycles. The Labute approximate surface area is 126 Å². The first-order valence-corrected chi connectivity index (χ1v) is 6.30. The molecule has 2 N–H and O–H groups in total. The summed E-state index contributed by atoms with van der Waals surface area (Å²) < 4.78 is 0. The number of hydrogen-bond acceptors (Lipinski definition) is 2. The van der Waals surface area contributed by atoms with E-state index in [2.05, 4.69) is 27.5 Å². The van der Waals surface area contributed by atoms with Crippen LogP contribution in [0.1, 0.15) is 25.5 Å². The lowest BCUT2D eigenvalue weighted by Gasteiger charge is -2.10. The smallest absolute Gasteiger partial charge is 0.191 e. The molecule has 1 fully saturated rings. The zero-order valence-electron chi connectivity index (χ0n) is 10.7. The molecule has 1 aromatic heterocycles. The van der Waals surface area contributed by atoms with Crippen LogP contribution in [0.25, 0.3) is 0 Å². The summed E-state index contributed by atoms with van der Waals surface area (Å²) in [6.07, 6.45) is 4.51. The van der Waals surface area contributed by atoms with Crippen molar-refractivity contribution in [3.8, 4) is 0 Å². The summed E-state index contributed by atoms with van der Waals surface area (Å²) in [7, 11) is 0. The Hall–Kier alpha value is -0.850. The van der Waals surface area contributed by atoms with E-state index in [1.165, 1.54) is 12.8 Å². The molecule has 4 nitrogen and oxygen atoms in total. The van der Waals surface area contributed by atoms with Gasteiger partial charge in [-0.25, -0.2) is 4.99 Å². The zero-order valence-corrected chi connectivity index (χ0v) is 13.1. The van der Waals surface area contributed by atoms with E-state index >= 15 is 0 Å². The quantitative estimate of drug-likeness (QED) is 0.481. The number of nitrogens with one attached hydrogen (secondary N) is 2. The molecule has 0 radical (unpaired) electrons. The highest BCUT2D eigenvalue weighted by Gasteiger charge is 2.20. The van der Waals surface area contributed by atoms with Crippen molar-refractivity contribution in [1.82, 2.24) is 15.6 Å². The first-order valence-electron chi connectivity index (χ1n) is 6.30. The highest BCUT2D eigenvalue weighted by molar-refractivity contribution is 14.0. The minimum Gasteiger partial charge on any atom is -0.357 e. The van der Waals surface area contributed by atoms with Gasteiger partial charge < -0.3 is 10.6 Å². The summed E-state index contributed by atoms with van der Waals surface area (Å²) in [6.45, 7) is 4.63. The van der Waals surface area contributed by atoms with E-state index < -0.39 is 0 Å². The Morgan fingerprint density at radius 3 is 2.83 bits per heavy atom. The number of aromatic nitrogens is 1. The topological polar surface area (TPSA) is 49.3 Å². The van der Waals surface area contributed by atoms with Gasteiger partial charge in [0.2, 0.25) is 0 Å². The zero-order chi connectivity index (χ0) is 11.9. The molecule has 1 saturated carbocycles. The van der Waals surface area contributed by atoms with Crippen LogP contribution in [-0.4, -0.2) is 24.0 Å². The highest BCUT2D eigenvalue weighted by Crippen LogP contribution is 2.27. The SMILES string of the molecule is CCNC(=NCc1ccccn1)NCC1CC1.I. The third kappa shape index (κ3) is 5.66. The number of pyridine rings is 1. The Balaban J connectivity index is 0.00000162. The maximum atomic E-state index is 4.52. The summed E-state index contributed by atoms with van der Waals surface area (Å²) in [6, 6.07) is 5.90. The molecule has 1 aliphatic carbocycles. The van der Waals surface area contributed by atoms with Gasteiger partial charge in [-0.15, -0.1) is 24.0 Å². The number of nitrogens with zero attached hydrogens (tertiary/aromatic N) is 2. The molecule has 0 aliphatic heterocycles. The number of halogens is 1. The van der Waals surface area contributed by atoms with Crippen LogP contribution in [0.4, 0.5) is 0 Å².